The summed E-state index contributed by atoms with van der Waals surface area (Å²) in [4.78, 5) is 13.0. The lowest BCUT2D eigenvalue weighted by atomic mass is 10.0. The molecule has 0 aliphatic heterocycles. The average Bonchev–Trinajstić information content (AvgIpc) is 3.39. The zero-order valence-corrected chi connectivity index (χ0v) is 16.0. The van der Waals surface area contributed by atoms with Crippen LogP contribution in [0, 0.1) is 6.92 Å². The largest absolute Gasteiger partial charge is 0.397 e. The number of imidazole rings is 1. The third-order valence-electron chi connectivity index (χ3n) is 5.03. The van der Waals surface area contributed by atoms with E-state index in [4.69, 9.17) is 15.7 Å². The average molecular weight is 380 g/mol. The molecule has 0 bridgehead atoms. The molecule has 5 aromatic rings. The molecule has 3 aromatic heterocycles. The van der Waals surface area contributed by atoms with Crippen LogP contribution < -0.4 is 5.73 Å². The van der Waals surface area contributed by atoms with Crippen molar-refractivity contribution >= 4 is 16.7 Å². The van der Waals surface area contributed by atoms with E-state index in [1.54, 1.807) is 6.20 Å². The van der Waals surface area contributed by atoms with E-state index in [0.29, 0.717) is 12.1 Å². The van der Waals surface area contributed by atoms with Gasteiger partial charge >= 0.3 is 0 Å². The number of hydrogen-bond acceptors (Lipinski definition) is 4. The molecule has 0 amide bonds. The molecule has 6 nitrogen and oxygen atoms in total. The number of anilines is 1. The molecule has 0 radical (unpaired) electrons. The lowest BCUT2D eigenvalue weighted by molar-refractivity contribution is 0.991. The van der Waals surface area contributed by atoms with E-state index in [1.165, 1.54) is 5.56 Å². The Morgan fingerprint density at radius 3 is 2.69 bits per heavy atom. The Hall–Kier alpha value is -3.93. The number of nitrogens with zero attached hydrogens (tertiary/aromatic N) is 3. The van der Waals surface area contributed by atoms with Gasteiger partial charge in [-0.25, -0.2) is 4.98 Å². The minimum absolute atomic E-state index is 0.527. The molecule has 0 aliphatic carbocycles. The molecule has 0 fully saturated rings. The van der Waals surface area contributed by atoms with Gasteiger partial charge in [-0.15, -0.1) is 0 Å². The van der Waals surface area contributed by atoms with Crippen molar-refractivity contribution < 1.29 is 0 Å². The Morgan fingerprint density at radius 2 is 1.86 bits per heavy atom. The predicted octanol–water partition coefficient (Wildman–Crippen LogP) is 4.50. The van der Waals surface area contributed by atoms with E-state index in [2.05, 4.69) is 52.4 Å². The lowest BCUT2D eigenvalue weighted by Gasteiger charge is -2.05. The third kappa shape index (κ3) is 3.25. The number of pyridine rings is 1. The number of nitrogen functional groups attached to an aromatic ring is 1. The highest BCUT2D eigenvalue weighted by atomic mass is 15.1. The maximum absolute atomic E-state index is 6.19. The van der Waals surface area contributed by atoms with Gasteiger partial charge in [0, 0.05) is 17.3 Å². The van der Waals surface area contributed by atoms with Crippen molar-refractivity contribution in [1.82, 2.24) is 25.1 Å². The number of aromatic nitrogens is 5. The maximum atomic E-state index is 6.19. The van der Waals surface area contributed by atoms with Gasteiger partial charge in [0.1, 0.15) is 5.82 Å². The summed E-state index contributed by atoms with van der Waals surface area (Å²) in [5, 5.41) is 6.81. The van der Waals surface area contributed by atoms with Crippen molar-refractivity contribution in [3.05, 3.63) is 84.1 Å². The van der Waals surface area contributed by atoms with Crippen LogP contribution in [0.4, 0.5) is 5.69 Å². The molecule has 4 N–H and O–H groups in total. The Bertz CT molecular complexity index is 1300. The number of H-pyrrole nitrogens is 2. The number of nitrogens with one attached hydrogen (secondary N) is 2. The molecule has 3 heterocycles. The molecule has 0 aliphatic rings. The third-order valence-corrected chi connectivity index (χ3v) is 5.03. The van der Waals surface area contributed by atoms with Crippen LogP contribution in [0.3, 0.4) is 0 Å². The van der Waals surface area contributed by atoms with Crippen LogP contribution in [0.15, 0.2) is 67.0 Å². The molecule has 0 saturated carbocycles. The molecule has 29 heavy (non-hydrogen) atoms. The zero-order chi connectivity index (χ0) is 19.8. The quantitative estimate of drug-likeness (QED) is 0.428. The number of hydrogen-bond donors (Lipinski definition) is 3. The van der Waals surface area contributed by atoms with Crippen LogP contribution >= 0.6 is 0 Å². The normalized spacial score (nSPS) is 11.2. The fourth-order valence-electron chi connectivity index (χ4n) is 3.58. The van der Waals surface area contributed by atoms with Crippen molar-refractivity contribution in [3.8, 4) is 22.4 Å². The summed E-state index contributed by atoms with van der Waals surface area (Å²) < 4.78 is 0. The first-order valence-corrected chi connectivity index (χ1v) is 9.46. The first-order chi connectivity index (χ1) is 14.2. The Kier molecular flexibility index (Phi) is 4.09. The van der Waals surface area contributed by atoms with E-state index >= 15 is 0 Å². The number of aryl methyl sites for hydroxylation is 1. The van der Waals surface area contributed by atoms with Crippen molar-refractivity contribution in [3.63, 3.8) is 0 Å². The van der Waals surface area contributed by atoms with Crippen LogP contribution in [-0.4, -0.2) is 25.1 Å². The van der Waals surface area contributed by atoms with Crippen LogP contribution in [0.2, 0.25) is 0 Å². The van der Waals surface area contributed by atoms with Crippen molar-refractivity contribution in [2.75, 3.05) is 5.73 Å². The first-order valence-electron chi connectivity index (χ1n) is 9.46. The van der Waals surface area contributed by atoms with Gasteiger partial charge < -0.3 is 10.7 Å². The molecule has 0 saturated heterocycles. The molecule has 2 aromatic carbocycles. The van der Waals surface area contributed by atoms with E-state index < -0.39 is 0 Å². The first kappa shape index (κ1) is 17.2. The molecule has 0 atom stereocenters. The zero-order valence-electron chi connectivity index (χ0n) is 16.0. The van der Waals surface area contributed by atoms with Crippen LogP contribution in [0.1, 0.15) is 17.1 Å². The summed E-state index contributed by atoms with van der Waals surface area (Å²) in [6.07, 6.45) is 4.09. The fraction of sp³-hybridized carbons (Fsp3) is 0.0870. The van der Waals surface area contributed by atoms with E-state index in [9.17, 15) is 0 Å². The number of para-hydroxylation sites is 1. The molecular formula is C23H20N6. The van der Waals surface area contributed by atoms with Crippen LogP contribution in [0.25, 0.3) is 33.4 Å². The Balaban J connectivity index is 1.54. The predicted molar refractivity (Wildman–Crippen MR) is 115 cm³/mol. The minimum atomic E-state index is 0.527. The molecule has 6 heteroatoms. The molecule has 5 rings (SSSR count). The number of aromatic amines is 2. The summed E-state index contributed by atoms with van der Waals surface area (Å²) in [7, 11) is 0. The van der Waals surface area contributed by atoms with Gasteiger partial charge in [0.2, 0.25) is 0 Å². The fourth-order valence-corrected chi connectivity index (χ4v) is 3.58. The summed E-state index contributed by atoms with van der Waals surface area (Å²) in [5.74, 6) is 0.837. The van der Waals surface area contributed by atoms with Crippen molar-refractivity contribution in [2.45, 2.75) is 13.3 Å². The molecule has 142 valence electrons. The van der Waals surface area contributed by atoms with E-state index in [-0.39, 0.29) is 0 Å². The second-order valence-corrected chi connectivity index (χ2v) is 7.15. The second kappa shape index (κ2) is 6.91. The SMILES string of the molecule is Cc1cccc(-c2cccc3[nH]c(Cc4nc(-c5cn[nH]c5)ccc4N)nc23)c1. The summed E-state index contributed by atoms with van der Waals surface area (Å²) in [6.45, 7) is 2.10. The number of fused-ring (bicyclic) bond motifs is 1. The van der Waals surface area contributed by atoms with E-state index in [0.717, 1.165) is 44.9 Å². The number of benzene rings is 2. The summed E-state index contributed by atoms with van der Waals surface area (Å²) in [6, 6.07) is 18.4. The van der Waals surface area contributed by atoms with Crippen LogP contribution in [-0.2, 0) is 6.42 Å². The van der Waals surface area contributed by atoms with Gasteiger partial charge in [-0.3, -0.25) is 10.1 Å². The van der Waals surface area contributed by atoms with Crippen molar-refractivity contribution in [1.29, 1.82) is 0 Å². The van der Waals surface area contributed by atoms with Gasteiger partial charge in [0.25, 0.3) is 0 Å². The minimum Gasteiger partial charge on any atom is -0.397 e. The number of rotatable bonds is 4. The van der Waals surface area contributed by atoms with Crippen LogP contribution in [0.5, 0.6) is 0 Å². The van der Waals surface area contributed by atoms with Gasteiger partial charge in [0.15, 0.2) is 0 Å². The smallest absolute Gasteiger partial charge is 0.113 e. The summed E-state index contributed by atoms with van der Waals surface area (Å²) in [5.41, 5.74) is 14.9. The highest BCUT2D eigenvalue weighted by molar-refractivity contribution is 5.92. The lowest BCUT2D eigenvalue weighted by Crippen LogP contribution is -2.01. The van der Waals surface area contributed by atoms with Gasteiger partial charge in [-0.1, -0.05) is 42.0 Å². The second-order valence-electron chi connectivity index (χ2n) is 7.15. The highest BCUT2D eigenvalue weighted by Crippen LogP contribution is 2.29. The van der Waals surface area contributed by atoms with Gasteiger partial charge in [-0.2, -0.15) is 5.10 Å². The monoisotopic (exact) mass is 380 g/mol. The Morgan fingerprint density at radius 1 is 0.966 bits per heavy atom. The summed E-state index contributed by atoms with van der Waals surface area (Å²) >= 11 is 0. The molecule has 0 spiro atoms. The number of nitrogens with two attached hydrogens (primary N) is 1. The standard InChI is InChI=1S/C23H20N6/c1-14-4-2-5-15(10-14)17-6-3-7-20-23(17)29-22(28-20)11-21-18(24)8-9-19(27-21)16-12-25-26-13-16/h2-10,12-13H,11,24H2,1H3,(H,25,26)(H,28,29). The topological polar surface area (TPSA) is 96.3 Å². The van der Waals surface area contributed by atoms with Gasteiger partial charge in [0.05, 0.1) is 40.7 Å². The van der Waals surface area contributed by atoms with Gasteiger partial charge in [-0.05, 0) is 30.7 Å². The maximum Gasteiger partial charge on any atom is 0.113 e. The molecule has 0 unspecified atom stereocenters. The Labute approximate surface area is 167 Å². The van der Waals surface area contributed by atoms with Crippen molar-refractivity contribution in [2.24, 2.45) is 0 Å². The van der Waals surface area contributed by atoms with E-state index in [1.807, 2.05) is 30.5 Å². The molecular weight excluding hydrogens is 360 g/mol. The highest BCUT2D eigenvalue weighted by Gasteiger charge is 2.12.